The van der Waals surface area contributed by atoms with Gasteiger partial charge in [-0.1, -0.05) is 6.92 Å². The summed E-state index contributed by atoms with van der Waals surface area (Å²) < 4.78 is 5.96. The van der Waals surface area contributed by atoms with Gasteiger partial charge in [-0.15, -0.1) is 0 Å². The van der Waals surface area contributed by atoms with E-state index in [1.54, 1.807) is 6.07 Å². The standard InChI is InChI=1S/C9H10N4O3/c1-2-7-10-11-9(15)13(7)12-8(14)6-4-3-5-16-6/h3-5H,2H2,1H3,(H,11,15)(H,12,14). The van der Waals surface area contributed by atoms with Crippen molar-refractivity contribution in [3.8, 4) is 0 Å². The molecule has 2 aromatic heterocycles. The molecule has 0 saturated carbocycles. The van der Waals surface area contributed by atoms with E-state index in [0.29, 0.717) is 12.2 Å². The molecule has 2 N–H and O–H groups in total. The SMILES string of the molecule is CCc1n[nH]c(=O)n1NC(=O)c1ccco1. The highest BCUT2D eigenvalue weighted by Crippen LogP contribution is 2.00. The van der Waals surface area contributed by atoms with Crippen LogP contribution in [0.4, 0.5) is 0 Å². The number of furan rings is 1. The molecule has 0 spiro atoms. The van der Waals surface area contributed by atoms with E-state index in [1.807, 2.05) is 6.92 Å². The molecule has 2 aromatic rings. The van der Waals surface area contributed by atoms with Crippen molar-refractivity contribution in [1.82, 2.24) is 14.9 Å². The number of carbonyl (C=O) groups excluding carboxylic acids is 1. The largest absolute Gasteiger partial charge is 0.459 e. The molecule has 0 aliphatic heterocycles. The minimum absolute atomic E-state index is 0.134. The molecule has 0 saturated heterocycles. The predicted molar refractivity (Wildman–Crippen MR) is 54.6 cm³/mol. The molecule has 16 heavy (non-hydrogen) atoms. The minimum atomic E-state index is -0.497. The van der Waals surface area contributed by atoms with E-state index in [0.717, 1.165) is 4.68 Å². The van der Waals surface area contributed by atoms with E-state index in [4.69, 9.17) is 4.42 Å². The Labute approximate surface area is 90.0 Å². The lowest BCUT2D eigenvalue weighted by molar-refractivity contribution is 0.0980. The van der Waals surface area contributed by atoms with E-state index >= 15 is 0 Å². The molecule has 7 heteroatoms. The van der Waals surface area contributed by atoms with Crippen LogP contribution in [0.5, 0.6) is 0 Å². The van der Waals surface area contributed by atoms with Gasteiger partial charge in [-0.05, 0) is 12.1 Å². The molecule has 0 radical (unpaired) electrons. The van der Waals surface area contributed by atoms with Crippen molar-refractivity contribution < 1.29 is 9.21 Å². The summed E-state index contributed by atoms with van der Waals surface area (Å²) in [7, 11) is 0. The van der Waals surface area contributed by atoms with Crippen molar-refractivity contribution in [1.29, 1.82) is 0 Å². The highest BCUT2D eigenvalue weighted by molar-refractivity contribution is 5.97. The molecule has 1 amide bonds. The predicted octanol–water partition coefficient (Wildman–Crippen LogP) is 0.111. The summed E-state index contributed by atoms with van der Waals surface area (Å²) in [6.07, 6.45) is 1.91. The van der Waals surface area contributed by atoms with Gasteiger partial charge in [0.1, 0.15) is 0 Å². The lowest BCUT2D eigenvalue weighted by atomic mass is 10.4. The Morgan fingerprint density at radius 1 is 1.69 bits per heavy atom. The van der Waals surface area contributed by atoms with Crippen molar-refractivity contribution in [3.63, 3.8) is 0 Å². The fourth-order valence-electron chi connectivity index (χ4n) is 1.25. The second kappa shape index (κ2) is 4.05. The van der Waals surface area contributed by atoms with Gasteiger partial charge in [0, 0.05) is 6.42 Å². The van der Waals surface area contributed by atoms with Crippen LogP contribution in [0.15, 0.2) is 27.6 Å². The maximum Gasteiger partial charge on any atom is 0.362 e. The van der Waals surface area contributed by atoms with Gasteiger partial charge in [0.15, 0.2) is 11.6 Å². The summed E-state index contributed by atoms with van der Waals surface area (Å²) in [5.74, 6) is 0.0864. The first-order chi connectivity index (χ1) is 7.72. The number of aromatic nitrogens is 3. The lowest BCUT2D eigenvalue weighted by Crippen LogP contribution is -2.32. The Bertz CT molecular complexity index is 537. The summed E-state index contributed by atoms with van der Waals surface area (Å²) in [5.41, 5.74) is 1.90. The molecule has 0 fully saturated rings. The highest BCUT2D eigenvalue weighted by atomic mass is 16.3. The van der Waals surface area contributed by atoms with Gasteiger partial charge in [0.05, 0.1) is 6.26 Å². The average Bonchev–Trinajstić information content (AvgIpc) is 2.89. The van der Waals surface area contributed by atoms with Crippen LogP contribution in [0.25, 0.3) is 0 Å². The number of hydrogen-bond acceptors (Lipinski definition) is 4. The third kappa shape index (κ3) is 1.74. The summed E-state index contributed by atoms with van der Waals surface area (Å²) in [6, 6.07) is 3.10. The topological polar surface area (TPSA) is 92.9 Å². The summed E-state index contributed by atoms with van der Waals surface area (Å²) in [6.45, 7) is 1.82. The summed E-state index contributed by atoms with van der Waals surface area (Å²) >= 11 is 0. The van der Waals surface area contributed by atoms with Crippen molar-refractivity contribution >= 4 is 5.91 Å². The van der Waals surface area contributed by atoms with Crippen LogP contribution in [-0.2, 0) is 6.42 Å². The monoisotopic (exact) mass is 222 g/mol. The van der Waals surface area contributed by atoms with Crippen LogP contribution in [0.3, 0.4) is 0 Å². The first kappa shape index (κ1) is 10.2. The fourth-order valence-corrected chi connectivity index (χ4v) is 1.25. The third-order valence-corrected chi connectivity index (χ3v) is 2.02. The zero-order valence-corrected chi connectivity index (χ0v) is 8.56. The molecule has 0 aromatic carbocycles. The van der Waals surface area contributed by atoms with Gasteiger partial charge in [-0.2, -0.15) is 9.77 Å². The molecule has 0 aliphatic rings. The van der Waals surface area contributed by atoms with Gasteiger partial charge >= 0.3 is 11.6 Å². The Morgan fingerprint density at radius 3 is 3.12 bits per heavy atom. The quantitative estimate of drug-likeness (QED) is 0.770. The van der Waals surface area contributed by atoms with Crippen molar-refractivity contribution in [3.05, 3.63) is 40.5 Å². The number of nitrogens with zero attached hydrogens (tertiary/aromatic N) is 2. The molecule has 0 atom stereocenters. The maximum absolute atomic E-state index is 11.6. The number of amides is 1. The number of carbonyl (C=O) groups is 1. The molecule has 84 valence electrons. The molecule has 0 aliphatic carbocycles. The molecule has 7 nitrogen and oxygen atoms in total. The van der Waals surface area contributed by atoms with Gasteiger partial charge in [-0.25, -0.2) is 9.89 Å². The normalized spacial score (nSPS) is 10.3. The second-order valence-electron chi connectivity index (χ2n) is 3.05. The molecule has 2 heterocycles. The summed E-state index contributed by atoms with van der Waals surface area (Å²) in [5, 5.41) is 6.00. The van der Waals surface area contributed by atoms with E-state index in [2.05, 4.69) is 15.6 Å². The number of aromatic amines is 1. The van der Waals surface area contributed by atoms with Crippen LogP contribution in [0.2, 0.25) is 0 Å². The zero-order chi connectivity index (χ0) is 11.5. The second-order valence-corrected chi connectivity index (χ2v) is 3.05. The number of rotatable bonds is 3. The van der Waals surface area contributed by atoms with Gasteiger partial charge in [0.25, 0.3) is 0 Å². The smallest absolute Gasteiger partial charge is 0.362 e. The Morgan fingerprint density at radius 2 is 2.50 bits per heavy atom. The van der Waals surface area contributed by atoms with E-state index in [1.165, 1.54) is 12.3 Å². The summed E-state index contributed by atoms with van der Waals surface area (Å²) in [4.78, 5) is 22.9. The number of nitrogens with one attached hydrogen (secondary N) is 2. The first-order valence-electron chi connectivity index (χ1n) is 4.73. The molecule has 0 unspecified atom stereocenters. The first-order valence-corrected chi connectivity index (χ1v) is 4.73. The maximum atomic E-state index is 11.6. The van der Waals surface area contributed by atoms with Crippen LogP contribution in [0.1, 0.15) is 23.3 Å². The van der Waals surface area contributed by atoms with E-state index < -0.39 is 11.6 Å². The minimum Gasteiger partial charge on any atom is -0.459 e. The zero-order valence-electron chi connectivity index (χ0n) is 8.56. The Balaban J connectivity index is 2.24. The number of hydrogen-bond donors (Lipinski definition) is 2. The van der Waals surface area contributed by atoms with Crippen molar-refractivity contribution in [2.24, 2.45) is 0 Å². The Kier molecular flexibility index (Phi) is 2.59. The lowest BCUT2D eigenvalue weighted by Gasteiger charge is -2.04. The van der Waals surface area contributed by atoms with Gasteiger partial charge in [-0.3, -0.25) is 10.2 Å². The fraction of sp³-hybridized carbons (Fsp3) is 0.222. The van der Waals surface area contributed by atoms with E-state index in [-0.39, 0.29) is 5.76 Å². The van der Waals surface area contributed by atoms with Crippen molar-refractivity contribution in [2.75, 3.05) is 5.43 Å². The molecular formula is C9H10N4O3. The average molecular weight is 222 g/mol. The molecular weight excluding hydrogens is 212 g/mol. The van der Waals surface area contributed by atoms with Crippen LogP contribution >= 0.6 is 0 Å². The number of H-pyrrole nitrogens is 1. The number of aryl methyl sites for hydroxylation is 1. The third-order valence-electron chi connectivity index (χ3n) is 2.02. The van der Waals surface area contributed by atoms with Crippen LogP contribution in [-0.4, -0.2) is 20.8 Å². The van der Waals surface area contributed by atoms with Crippen LogP contribution in [0, 0.1) is 0 Å². The van der Waals surface area contributed by atoms with Gasteiger partial charge < -0.3 is 4.42 Å². The Hall–Kier alpha value is -2.31. The van der Waals surface area contributed by atoms with Crippen molar-refractivity contribution in [2.45, 2.75) is 13.3 Å². The molecule has 0 bridgehead atoms. The highest BCUT2D eigenvalue weighted by Gasteiger charge is 2.13. The van der Waals surface area contributed by atoms with Gasteiger partial charge in [0.2, 0.25) is 0 Å². The van der Waals surface area contributed by atoms with Crippen LogP contribution < -0.4 is 11.1 Å². The van der Waals surface area contributed by atoms with E-state index in [9.17, 15) is 9.59 Å². The molecule has 2 rings (SSSR count).